The Labute approximate surface area is 84.0 Å². The number of rotatable bonds is 3. The minimum Gasteiger partial charge on any atom is -0.298 e. The summed E-state index contributed by atoms with van der Waals surface area (Å²) in [6.07, 6.45) is 2.61. The second-order valence-electron chi connectivity index (χ2n) is 2.08. The molecule has 76 valence electrons. The molecule has 3 heteroatoms. The van der Waals surface area contributed by atoms with E-state index < -0.39 is 5.83 Å². The van der Waals surface area contributed by atoms with Crippen molar-refractivity contribution in [1.82, 2.24) is 0 Å². The van der Waals surface area contributed by atoms with E-state index in [1.165, 1.54) is 6.92 Å². The van der Waals surface area contributed by atoms with Crippen LogP contribution >= 0.6 is 0 Å². The molecule has 0 heterocycles. The molecule has 0 aromatic carbocycles. The van der Waals surface area contributed by atoms with E-state index in [-0.39, 0.29) is 11.1 Å². The van der Waals surface area contributed by atoms with E-state index in [2.05, 4.69) is 6.58 Å². The summed E-state index contributed by atoms with van der Waals surface area (Å²) < 4.78 is 12.9. The minimum atomic E-state index is -0.739. The van der Waals surface area contributed by atoms with Crippen molar-refractivity contribution in [3.8, 4) is 6.07 Å². The molecule has 0 rings (SSSR count). The Kier molecular flexibility index (Phi) is 9.94. The Morgan fingerprint density at radius 1 is 1.50 bits per heavy atom. The average Bonchev–Trinajstić information content (AvgIpc) is 2.22. The molecule has 0 saturated heterocycles. The van der Waals surface area contributed by atoms with Gasteiger partial charge in [0.15, 0.2) is 0 Å². The standard InChI is InChI=1S/C9H8FNO.C2H6/c1-3-8(5-11)9(10)4-7(2)6-12;1-2/h3-4,6H,1H2,2H3;1-2H3/b7-4+,9-8-;. The first-order valence-electron chi connectivity index (χ1n) is 4.21. The Morgan fingerprint density at radius 3 is 2.29 bits per heavy atom. The third-order valence-electron chi connectivity index (χ3n) is 1.12. The zero-order valence-corrected chi connectivity index (χ0v) is 8.67. The number of aldehydes is 1. The van der Waals surface area contributed by atoms with Crippen molar-refractivity contribution in [2.24, 2.45) is 0 Å². The van der Waals surface area contributed by atoms with Crippen molar-refractivity contribution in [3.63, 3.8) is 0 Å². The number of nitrogens with zero attached hydrogens (tertiary/aromatic N) is 1. The van der Waals surface area contributed by atoms with Crippen LogP contribution < -0.4 is 0 Å². The van der Waals surface area contributed by atoms with Gasteiger partial charge in [0.1, 0.15) is 18.2 Å². The third kappa shape index (κ3) is 5.90. The molecule has 0 amide bonds. The number of allylic oxidation sites excluding steroid dienone is 5. The van der Waals surface area contributed by atoms with Crippen LogP contribution in [0.3, 0.4) is 0 Å². The predicted molar refractivity (Wildman–Crippen MR) is 55.1 cm³/mol. The van der Waals surface area contributed by atoms with Crippen LogP contribution in [0.4, 0.5) is 4.39 Å². The maximum atomic E-state index is 12.9. The summed E-state index contributed by atoms with van der Waals surface area (Å²) in [7, 11) is 0. The fourth-order valence-electron chi connectivity index (χ4n) is 0.508. The molecular formula is C11H14FNO. The number of hydrogen-bond acceptors (Lipinski definition) is 2. The van der Waals surface area contributed by atoms with E-state index >= 15 is 0 Å². The van der Waals surface area contributed by atoms with E-state index in [1.807, 2.05) is 13.8 Å². The second kappa shape index (κ2) is 9.40. The molecule has 0 N–H and O–H groups in total. The molecule has 0 atom stereocenters. The van der Waals surface area contributed by atoms with Crippen LogP contribution in [0.5, 0.6) is 0 Å². The van der Waals surface area contributed by atoms with Gasteiger partial charge < -0.3 is 0 Å². The van der Waals surface area contributed by atoms with Crippen molar-refractivity contribution >= 4 is 6.29 Å². The molecule has 0 aliphatic rings. The highest BCUT2D eigenvalue weighted by Gasteiger charge is 1.98. The van der Waals surface area contributed by atoms with Crippen LogP contribution in [0.2, 0.25) is 0 Å². The Bertz CT molecular complexity index is 295. The van der Waals surface area contributed by atoms with Crippen LogP contribution in [-0.2, 0) is 4.79 Å². The second-order valence-corrected chi connectivity index (χ2v) is 2.08. The van der Waals surface area contributed by atoms with Gasteiger partial charge in [-0.1, -0.05) is 20.4 Å². The molecule has 0 bridgehead atoms. The summed E-state index contributed by atoms with van der Waals surface area (Å²) in [4.78, 5) is 10.1. The number of carbonyl (C=O) groups is 1. The van der Waals surface area contributed by atoms with Gasteiger partial charge in [0.25, 0.3) is 0 Å². The first-order valence-corrected chi connectivity index (χ1v) is 4.21. The fourth-order valence-corrected chi connectivity index (χ4v) is 0.508. The summed E-state index contributed by atoms with van der Waals surface area (Å²) in [5.41, 5.74) is 0.0540. The van der Waals surface area contributed by atoms with E-state index in [0.29, 0.717) is 6.29 Å². The summed E-state index contributed by atoms with van der Waals surface area (Å²) in [6.45, 7) is 8.70. The summed E-state index contributed by atoms with van der Waals surface area (Å²) in [5.74, 6) is -0.739. The van der Waals surface area contributed by atoms with Crippen LogP contribution in [0.1, 0.15) is 20.8 Å². The number of halogens is 1. The zero-order valence-electron chi connectivity index (χ0n) is 8.67. The highest BCUT2D eigenvalue weighted by Crippen LogP contribution is 2.09. The first kappa shape index (κ1) is 14.8. The largest absolute Gasteiger partial charge is 0.298 e. The topological polar surface area (TPSA) is 40.9 Å². The highest BCUT2D eigenvalue weighted by atomic mass is 19.1. The highest BCUT2D eigenvalue weighted by molar-refractivity contribution is 5.73. The van der Waals surface area contributed by atoms with Crippen LogP contribution in [0.25, 0.3) is 0 Å². The lowest BCUT2D eigenvalue weighted by molar-refractivity contribution is -0.104. The maximum absolute atomic E-state index is 12.9. The Morgan fingerprint density at radius 2 is 2.00 bits per heavy atom. The molecule has 0 radical (unpaired) electrons. The zero-order chi connectivity index (χ0) is 11.6. The van der Waals surface area contributed by atoms with Gasteiger partial charge in [-0.2, -0.15) is 5.26 Å². The molecule has 0 fully saturated rings. The molecule has 0 saturated carbocycles. The van der Waals surface area contributed by atoms with Gasteiger partial charge in [0.2, 0.25) is 0 Å². The average molecular weight is 195 g/mol. The lowest BCUT2D eigenvalue weighted by Gasteiger charge is -1.89. The van der Waals surface area contributed by atoms with Gasteiger partial charge in [0, 0.05) is 0 Å². The lowest BCUT2D eigenvalue weighted by Crippen LogP contribution is -1.80. The molecular weight excluding hydrogens is 181 g/mol. The van der Waals surface area contributed by atoms with Gasteiger partial charge in [-0.3, -0.25) is 4.79 Å². The molecule has 14 heavy (non-hydrogen) atoms. The summed E-state index contributed by atoms with van der Waals surface area (Å²) >= 11 is 0. The van der Waals surface area contributed by atoms with E-state index in [0.717, 1.165) is 12.2 Å². The van der Waals surface area contributed by atoms with Crippen molar-refractivity contribution < 1.29 is 9.18 Å². The van der Waals surface area contributed by atoms with Crippen molar-refractivity contribution in [2.75, 3.05) is 0 Å². The summed E-state index contributed by atoms with van der Waals surface area (Å²) in [5, 5.41) is 8.35. The third-order valence-corrected chi connectivity index (χ3v) is 1.12. The SMILES string of the molecule is C=C/C(C#N)=C(F)\C=C(/C)C=O.CC. The molecule has 0 spiro atoms. The van der Waals surface area contributed by atoms with E-state index in [4.69, 9.17) is 5.26 Å². The quantitative estimate of drug-likeness (QED) is 0.300. The minimum absolute atomic E-state index is 0.170. The first-order chi connectivity index (χ1) is 6.65. The number of nitriles is 1. The number of hydrogen-bond donors (Lipinski definition) is 0. The van der Waals surface area contributed by atoms with E-state index in [9.17, 15) is 9.18 Å². The van der Waals surface area contributed by atoms with Gasteiger partial charge in [-0.25, -0.2) is 4.39 Å². The Balaban J connectivity index is 0. The number of carbonyl (C=O) groups excluding carboxylic acids is 1. The van der Waals surface area contributed by atoms with Crippen LogP contribution in [-0.4, -0.2) is 6.29 Å². The summed E-state index contributed by atoms with van der Waals surface area (Å²) in [6, 6.07) is 1.61. The normalized spacial score (nSPS) is 11.5. The van der Waals surface area contributed by atoms with Crippen molar-refractivity contribution in [2.45, 2.75) is 20.8 Å². The monoisotopic (exact) mass is 195 g/mol. The fraction of sp³-hybridized carbons (Fsp3) is 0.273. The molecule has 0 aliphatic heterocycles. The maximum Gasteiger partial charge on any atom is 0.145 e. The lowest BCUT2D eigenvalue weighted by atomic mass is 10.2. The van der Waals surface area contributed by atoms with Gasteiger partial charge in [-0.15, -0.1) is 0 Å². The van der Waals surface area contributed by atoms with Gasteiger partial charge >= 0.3 is 0 Å². The van der Waals surface area contributed by atoms with Crippen LogP contribution in [0, 0.1) is 11.3 Å². The van der Waals surface area contributed by atoms with E-state index in [1.54, 1.807) is 6.07 Å². The molecule has 0 unspecified atom stereocenters. The molecule has 0 aliphatic carbocycles. The molecule has 0 aromatic rings. The van der Waals surface area contributed by atoms with Crippen LogP contribution in [0.15, 0.2) is 35.7 Å². The predicted octanol–water partition coefficient (Wildman–Crippen LogP) is 3.09. The van der Waals surface area contributed by atoms with Gasteiger partial charge in [0.05, 0.1) is 5.57 Å². The van der Waals surface area contributed by atoms with Crippen molar-refractivity contribution in [1.29, 1.82) is 5.26 Å². The molecule has 2 nitrogen and oxygen atoms in total. The smallest absolute Gasteiger partial charge is 0.145 e. The van der Waals surface area contributed by atoms with Crippen molar-refractivity contribution in [3.05, 3.63) is 35.7 Å². The Hall–Kier alpha value is -1.69. The van der Waals surface area contributed by atoms with Gasteiger partial charge in [-0.05, 0) is 24.6 Å². The molecule has 0 aromatic heterocycles.